The van der Waals surface area contributed by atoms with Gasteiger partial charge in [-0.25, -0.2) is 0 Å². The Morgan fingerprint density at radius 1 is 1.21 bits per heavy atom. The largest absolute Gasteiger partial charge is 0.388 e. The molecule has 0 aliphatic rings. The monoisotopic (exact) mass is 340 g/mol. The van der Waals surface area contributed by atoms with E-state index in [4.69, 9.17) is 0 Å². The minimum absolute atomic E-state index is 0.520. The van der Waals surface area contributed by atoms with Gasteiger partial charge in [-0.3, -0.25) is 4.98 Å². The number of hydrogen-bond acceptors (Lipinski definition) is 4. The van der Waals surface area contributed by atoms with E-state index < -0.39 is 6.10 Å². The smallest absolute Gasteiger partial charge is 0.0862 e. The van der Waals surface area contributed by atoms with Gasteiger partial charge in [-0.15, -0.1) is 11.3 Å². The summed E-state index contributed by atoms with van der Waals surface area (Å²) in [5, 5.41) is 12.1. The summed E-state index contributed by atoms with van der Waals surface area (Å²) in [7, 11) is 4.17. The zero-order valence-electron chi connectivity index (χ0n) is 14.5. The van der Waals surface area contributed by atoms with Crippen LogP contribution in [0.3, 0.4) is 0 Å². The molecule has 0 saturated carbocycles. The lowest BCUT2D eigenvalue weighted by atomic mass is 9.99. The Kier molecular flexibility index (Phi) is 5.29. The number of benzene rings is 1. The van der Waals surface area contributed by atoms with E-state index in [1.54, 1.807) is 6.20 Å². The summed E-state index contributed by atoms with van der Waals surface area (Å²) in [5.41, 5.74) is 3.27. The Labute approximate surface area is 147 Å². The van der Waals surface area contributed by atoms with Gasteiger partial charge in [0.05, 0.1) is 6.10 Å². The standard InChI is InChI=1S/C20H24N2OS/c1-14-7-8-16-19(12-14)24-18(9-11-22(2)3)20(16)17(23)13-15-6-4-5-10-21-15/h4-8,10,12,17,23H,9,11,13H2,1-3H3. The predicted octanol–water partition coefficient (Wildman–Crippen LogP) is 3.98. The van der Waals surface area contributed by atoms with E-state index in [1.165, 1.54) is 20.5 Å². The number of aliphatic hydroxyl groups is 1. The molecule has 3 rings (SSSR count). The molecule has 0 amide bonds. The number of rotatable bonds is 6. The molecular weight excluding hydrogens is 316 g/mol. The molecule has 0 aliphatic carbocycles. The number of aliphatic hydroxyl groups excluding tert-OH is 1. The molecule has 2 aromatic heterocycles. The van der Waals surface area contributed by atoms with Crippen LogP contribution in [0.2, 0.25) is 0 Å². The highest BCUT2D eigenvalue weighted by atomic mass is 32.1. The van der Waals surface area contributed by atoms with Crippen molar-refractivity contribution in [2.24, 2.45) is 0 Å². The molecule has 0 spiro atoms. The van der Waals surface area contributed by atoms with Crippen molar-refractivity contribution < 1.29 is 5.11 Å². The molecule has 24 heavy (non-hydrogen) atoms. The molecule has 2 heterocycles. The molecule has 0 aliphatic heterocycles. The fourth-order valence-electron chi connectivity index (χ4n) is 2.97. The first-order valence-electron chi connectivity index (χ1n) is 8.29. The van der Waals surface area contributed by atoms with Crippen LogP contribution in [0.4, 0.5) is 0 Å². The van der Waals surface area contributed by atoms with E-state index in [-0.39, 0.29) is 0 Å². The maximum absolute atomic E-state index is 10.9. The lowest BCUT2D eigenvalue weighted by Gasteiger charge is -2.14. The molecule has 1 aromatic carbocycles. The van der Waals surface area contributed by atoms with Gasteiger partial charge in [-0.2, -0.15) is 0 Å². The third-order valence-corrected chi connectivity index (χ3v) is 5.44. The molecular formula is C20H24N2OS. The van der Waals surface area contributed by atoms with E-state index in [9.17, 15) is 5.11 Å². The average molecular weight is 340 g/mol. The quantitative estimate of drug-likeness (QED) is 0.737. The predicted molar refractivity (Wildman–Crippen MR) is 102 cm³/mol. The fraction of sp³-hybridized carbons (Fsp3) is 0.350. The lowest BCUT2D eigenvalue weighted by molar-refractivity contribution is 0.178. The first-order chi connectivity index (χ1) is 11.5. The van der Waals surface area contributed by atoms with Crippen LogP contribution in [0.25, 0.3) is 10.1 Å². The Hall–Kier alpha value is -1.75. The van der Waals surface area contributed by atoms with Crippen molar-refractivity contribution in [1.29, 1.82) is 0 Å². The minimum Gasteiger partial charge on any atom is -0.388 e. The number of thiophene rings is 1. The summed E-state index contributed by atoms with van der Waals surface area (Å²) in [6, 6.07) is 12.3. The summed E-state index contributed by atoms with van der Waals surface area (Å²) < 4.78 is 1.26. The van der Waals surface area contributed by atoms with Crippen LogP contribution in [0.5, 0.6) is 0 Å². The van der Waals surface area contributed by atoms with Crippen LogP contribution in [0.15, 0.2) is 42.6 Å². The van der Waals surface area contributed by atoms with Gasteiger partial charge in [0.1, 0.15) is 0 Å². The summed E-state index contributed by atoms with van der Waals surface area (Å²) >= 11 is 1.81. The van der Waals surface area contributed by atoms with Gasteiger partial charge >= 0.3 is 0 Å². The molecule has 4 heteroatoms. The van der Waals surface area contributed by atoms with Gasteiger partial charge in [-0.1, -0.05) is 18.2 Å². The summed E-state index contributed by atoms with van der Waals surface area (Å²) in [5.74, 6) is 0. The van der Waals surface area contributed by atoms with E-state index in [0.717, 1.165) is 24.2 Å². The molecule has 0 saturated heterocycles. The van der Waals surface area contributed by atoms with Crippen LogP contribution in [0.1, 0.15) is 27.8 Å². The van der Waals surface area contributed by atoms with E-state index in [1.807, 2.05) is 29.5 Å². The summed E-state index contributed by atoms with van der Waals surface area (Å²) in [6.45, 7) is 3.09. The van der Waals surface area contributed by atoms with Crippen molar-refractivity contribution in [2.75, 3.05) is 20.6 Å². The molecule has 1 atom stereocenters. The third-order valence-electron chi connectivity index (χ3n) is 4.21. The Bertz CT molecular complexity index is 811. The maximum atomic E-state index is 10.9. The van der Waals surface area contributed by atoms with Crippen molar-refractivity contribution >= 4 is 21.4 Å². The SMILES string of the molecule is Cc1ccc2c(C(O)Cc3ccccn3)c(CCN(C)C)sc2c1. The maximum Gasteiger partial charge on any atom is 0.0862 e. The number of likely N-dealkylation sites (N-methyl/N-ethyl adjacent to an activating group) is 1. The average Bonchev–Trinajstić information content (AvgIpc) is 2.91. The van der Waals surface area contributed by atoms with Crippen molar-refractivity contribution in [3.05, 3.63) is 64.3 Å². The number of aryl methyl sites for hydroxylation is 1. The number of fused-ring (bicyclic) bond motifs is 1. The van der Waals surface area contributed by atoms with E-state index in [0.29, 0.717) is 6.42 Å². The number of nitrogens with zero attached hydrogens (tertiary/aromatic N) is 2. The number of hydrogen-bond donors (Lipinski definition) is 1. The minimum atomic E-state index is -0.520. The molecule has 0 radical (unpaired) electrons. The lowest BCUT2D eigenvalue weighted by Crippen LogP contribution is -2.15. The second kappa shape index (κ2) is 7.43. The fourth-order valence-corrected chi connectivity index (χ4v) is 4.32. The molecule has 3 aromatic rings. The zero-order valence-corrected chi connectivity index (χ0v) is 15.3. The van der Waals surface area contributed by atoms with E-state index >= 15 is 0 Å². The second-order valence-corrected chi connectivity index (χ2v) is 7.67. The van der Waals surface area contributed by atoms with Crippen molar-refractivity contribution in [1.82, 2.24) is 9.88 Å². The highest BCUT2D eigenvalue weighted by Gasteiger charge is 2.20. The van der Waals surface area contributed by atoms with Crippen LogP contribution in [-0.2, 0) is 12.8 Å². The van der Waals surface area contributed by atoms with E-state index in [2.05, 4.69) is 49.1 Å². The van der Waals surface area contributed by atoms with Gasteiger partial charge in [0.15, 0.2) is 0 Å². The molecule has 126 valence electrons. The molecule has 0 bridgehead atoms. The normalized spacial score (nSPS) is 12.9. The van der Waals surface area contributed by atoms with Gasteiger partial charge in [-0.05, 0) is 56.6 Å². The van der Waals surface area contributed by atoms with Gasteiger partial charge in [0, 0.05) is 40.0 Å². The van der Waals surface area contributed by atoms with Gasteiger partial charge in [0.2, 0.25) is 0 Å². The van der Waals surface area contributed by atoms with Crippen LogP contribution in [0, 0.1) is 6.92 Å². The first kappa shape index (κ1) is 17.1. The number of aromatic nitrogens is 1. The zero-order chi connectivity index (χ0) is 17.1. The first-order valence-corrected chi connectivity index (χ1v) is 9.11. The Balaban J connectivity index is 1.98. The van der Waals surface area contributed by atoms with Crippen molar-refractivity contribution in [3.63, 3.8) is 0 Å². The van der Waals surface area contributed by atoms with Gasteiger partial charge < -0.3 is 10.0 Å². The second-order valence-electron chi connectivity index (χ2n) is 6.53. The third kappa shape index (κ3) is 3.83. The van der Waals surface area contributed by atoms with Gasteiger partial charge in [0.25, 0.3) is 0 Å². The highest BCUT2D eigenvalue weighted by Crippen LogP contribution is 2.37. The topological polar surface area (TPSA) is 36.4 Å². The highest BCUT2D eigenvalue weighted by molar-refractivity contribution is 7.19. The Morgan fingerprint density at radius 3 is 2.75 bits per heavy atom. The molecule has 3 nitrogen and oxygen atoms in total. The van der Waals surface area contributed by atoms with Crippen LogP contribution in [-0.4, -0.2) is 35.6 Å². The number of pyridine rings is 1. The van der Waals surface area contributed by atoms with Crippen LogP contribution < -0.4 is 0 Å². The summed E-state index contributed by atoms with van der Waals surface area (Å²) in [4.78, 5) is 7.83. The van der Waals surface area contributed by atoms with Crippen molar-refractivity contribution in [2.45, 2.75) is 25.9 Å². The molecule has 1 unspecified atom stereocenters. The molecule has 0 fully saturated rings. The summed E-state index contributed by atoms with van der Waals surface area (Å²) in [6.07, 6.45) is 2.77. The van der Waals surface area contributed by atoms with Crippen LogP contribution >= 0.6 is 11.3 Å². The molecule has 1 N–H and O–H groups in total. The van der Waals surface area contributed by atoms with Crippen molar-refractivity contribution in [3.8, 4) is 0 Å². The Morgan fingerprint density at radius 2 is 2.04 bits per heavy atom.